The van der Waals surface area contributed by atoms with Crippen LogP contribution in [-0.4, -0.2) is 36.0 Å². The molecule has 2 aromatic rings. The van der Waals surface area contributed by atoms with Crippen LogP contribution in [0.15, 0.2) is 24.3 Å². The predicted octanol–water partition coefficient (Wildman–Crippen LogP) is 1.79. The van der Waals surface area contributed by atoms with E-state index in [0.717, 1.165) is 22.8 Å². The number of carbonyl (C=O) groups is 1. The van der Waals surface area contributed by atoms with Crippen LogP contribution in [0.25, 0.3) is 11.4 Å². The van der Waals surface area contributed by atoms with Crippen LogP contribution in [0.1, 0.15) is 0 Å². The Morgan fingerprint density at radius 3 is 2.95 bits per heavy atom. The molecule has 1 aromatic heterocycles. The molecule has 0 unspecified atom stereocenters. The van der Waals surface area contributed by atoms with Crippen molar-refractivity contribution >= 4 is 35.0 Å². The maximum Gasteiger partial charge on any atom is 0.240 e. The van der Waals surface area contributed by atoms with E-state index in [1.807, 2.05) is 24.3 Å². The summed E-state index contributed by atoms with van der Waals surface area (Å²) in [4.78, 5) is 15.7. The number of hydrogen-bond acceptors (Lipinski definition) is 6. The first-order valence-corrected chi connectivity index (χ1v) is 6.43. The smallest absolute Gasteiger partial charge is 0.240 e. The normalized spacial score (nSPS) is 9.70. The van der Waals surface area contributed by atoms with Gasteiger partial charge >= 0.3 is 0 Å². The maximum absolute atomic E-state index is 11.4. The Labute approximate surface area is 127 Å². The van der Waals surface area contributed by atoms with Gasteiger partial charge in [0.1, 0.15) is 5.75 Å². The second kappa shape index (κ2) is 7.78. The van der Waals surface area contributed by atoms with Gasteiger partial charge in [-0.15, -0.1) is 12.4 Å². The van der Waals surface area contributed by atoms with E-state index < -0.39 is 0 Å². The van der Waals surface area contributed by atoms with Crippen molar-refractivity contribution in [2.24, 2.45) is 0 Å². The number of carbonyl (C=O) groups excluding carboxylic acids is 1. The van der Waals surface area contributed by atoms with Gasteiger partial charge in [0.25, 0.3) is 0 Å². The monoisotopic (exact) mass is 314 g/mol. The van der Waals surface area contributed by atoms with Crippen LogP contribution in [0, 0.1) is 0 Å². The number of benzene rings is 1. The molecular weight excluding hydrogens is 300 g/mol. The van der Waals surface area contributed by atoms with Crippen molar-refractivity contribution in [2.45, 2.75) is 0 Å². The quantitative estimate of drug-likeness (QED) is 0.880. The number of aromatic nitrogens is 2. The average Bonchev–Trinajstić information content (AvgIpc) is 2.87. The molecule has 0 spiro atoms. The van der Waals surface area contributed by atoms with Gasteiger partial charge < -0.3 is 10.1 Å². The van der Waals surface area contributed by atoms with Crippen molar-refractivity contribution in [3.63, 3.8) is 0 Å². The topological polar surface area (TPSA) is 76.1 Å². The zero-order chi connectivity index (χ0) is 13.7. The Hall–Kier alpha value is -1.70. The lowest BCUT2D eigenvalue weighted by Crippen LogP contribution is -2.24. The third-order valence-electron chi connectivity index (χ3n) is 2.34. The summed E-state index contributed by atoms with van der Waals surface area (Å²) in [5, 5.41) is 5.93. The first kappa shape index (κ1) is 16.4. The van der Waals surface area contributed by atoms with Crippen molar-refractivity contribution < 1.29 is 9.53 Å². The number of nitrogens with one attached hydrogen (secondary N) is 2. The Balaban J connectivity index is 0.00000200. The molecule has 1 heterocycles. The minimum absolute atomic E-state index is 0. The highest BCUT2D eigenvalue weighted by molar-refractivity contribution is 7.10. The Bertz CT molecular complexity index is 576. The summed E-state index contributed by atoms with van der Waals surface area (Å²) in [6.45, 7) is 0.244. The van der Waals surface area contributed by atoms with Gasteiger partial charge in [0.05, 0.1) is 13.7 Å². The van der Waals surface area contributed by atoms with E-state index in [1.54, 1.807) is 14.2 Å². The first-order valence-electron chi connectivity index (χ1n) is 5.65. The molecule has 0 fully saturated rings. The highest BCUT2D eigenvalue weighted by atomic mass is 35.5. The lowest BCUT2D eigenvalue weighted by Gasteiger charge is -2.01. The van der Waals surface area contributed by atoms with E-state index in [1.165, 1.54) is 0 Å². The third-order valence-corrected chi connectivity index (χ3v) is 2.97. The molecule has 0 saturated carbocycles. The molecule has 0 aliphatic heterocycles. The van der Waals surface area contributed by atoms with E-state index in [-0.39, 0.29) is 24.9 Å². The molecule has 0 radical (unpaired) electrons. The van der Waals surface area contributed by atoms with Gasteiger partial charge in [-0.2, -0.15) is 9.36 Å². The number of likely N-dealkylation sites (N-methyl/N-ethyl adjacent to an activating group) is 1. The number of amides is 1. The standard InChI is InChI=1S/C12H14N4O2S.ClH/c1-13-7-10(17)14-12-15-11(16-19-12)8-4-3-5-9(6-8)18-2;/h3-6,13H,7H2,1-2H3,(H,14,15,16,17);1H. The van der Waals surface area contributed by atoms with Crippen LogP contribution in [0.5, 0.6) is 5.75 Å². The van der Waals surface area contributed by atoms with Gasteiger partial charge in [-0.1, -0.05) is 12.1 Å². The molecule has 0 saturated heterocycles. The largest absolute Gasteiger partial charge is 0.497 e. The van der Waals surface area contributed by atoms with Crippen molar-refractivity contribution in [2.75, 3.05) is 26.0 Å². The summed E-state index contributed by atoms with van der Waals surface area (Å²) < 4.78 is 9.36. The molecule has 108 valence electrons. The van der Waals surface area contributed by atoms with Crippen LogP contribution >= 0.6 is 23.9 Å². The molecule has 6 nitrogen and oxygen atoms in total. The predicted molar refractivity (Wildman–Crippen MR) is 81.7 cm³/mol. The fraction of sp³-hybridized carbons (Fsp3) is 0.250. The molecule has 8 heteroatoms. The number of halogens is 1. The van der Waals surface area contributed by atoms with Crippen LogP contribution < -0.4 is 15.4 Å². The molecule has 0 aliphatic rings. The fourth-order valence-corrected chi connectivity index (χ4v) is 2.08. The molecule has 0 aliphatic carbocycles. The SMILES string of the molecule is CNCC(=O)Nc1nc(-c2cccc(OC)c2)ns1.Cl. The summed E-state index contributed by atoms with van der Waals surface area (Å²) >= 11 is 1.15. The number of methoxy groups -OCH3 is 1. The molecule has 2 rings (SSSR count). The second-order valence-corrected chi connectivity index (χ2v) is 4.49. The molecule has 20 heavy (non-hydrogen) atoms. The Morgan fingerprint density at radius 2 is 2.25 bits per heavy atom. The first-order chi connectivity index (χ1) is 9.22. The molecule has 0 atom stereocenters. The zero-order valence-electron chi connectivity index (χ0n) is 11.0. The summed E-state index contributed by atoms with van der Waals surface area (Å²) in [7, 11) is 3.32. The molecule has 1 aromatic carbocycles. The molecule has 0 bridgehead atoms. The van der Waals surface area contributed by atoms with E-state index in [2.05, 4.69) is 20.0 Å². The van der Waals surface area contributed by atoms with Gasteiger partial charge in [0, 0.05) is 17.1 Å². The van der Waals surface area contributed by atoms with Crippen molar-refractivity contribution in [3.05, 3.63) is 24.3 Å². The van der Waals surface area contributed by atoms with Gasteiger partial charge in [-0.05, 0) is 19.2 Å². The highest BCUT2D eigenvalue weighted by Crippen LogP contribution is 2.24. The van der Waals surface area contributed by atoms with Gasteiger partial charge in [-0.25, -0.2) is 0 Å². The van der Waals surface area contributed by atoms with Crippen LogP contribution in [0.2, 0.25) is 0 Å². The average molecular weight is 315 g/mol. The number of nitrogens with zero attached hydrogens (tertiary/aromatic N) is 2. The number of ether oxygens (including phenoxy) is 1. The van der Waals surface area contributed by atoms with E-state index in [4.69, 9.17) is 4.74 Å². The third kappa shape index (κ3) is 4.16. The summed E-state index contributed by atoms with van der Waals surface area (Å²) in [5.41, 5.74) is 0.852. The van der Waals surface area contributed by atoms with E-state index >= 15 is 0 Å². The summed E-state index contributed by atoms with van der Waals surface area (Å²) in [6.07, 6.45) is 0. The minimum atomic E-state index is -0.143. The van der Waals surface area contributed by atoms with Crippen molar-refractivity contribution in [3.8, 4) is 17.1 Å². The molecular formula is C12H15ClN4O2S. The number of rotatable bonds is 5. The van der Waals surface area contributed by atoms with Crippen molar-refractivity contribution in [1.82, 2.24) is 14.7 Å². The van der Waals surface area contributed by atoms with Crippen LogP contribution in [-0.2, 0) is 4.79 Å². The second-order valence-electron chi connectivity index (χ2n) is 3.73. The maximum atomic E-state index is 11.4. The van der Waals surface area contributed by atoms with Gasteiger partial charge in [0.15, 0.2) is 5.82 Å². The number of hydrogen-bond donors (Lipinski definition) is 2. The van der Waals surface area contributed by atoms with E-state index in [9.17, 15) is 4.79 Å². The molecule has 2 N–H and O–H groups in total. The molecule has 1 amide bonds. The highest BCUT2D eigenvalue weighted by Gasteiger charge is 2.09. The van der Waals surface area contributed by atoms with Gasteiger partial charge in [0.2, 0.25) is 11.0 Å². The van der Waals surface area contributed by atoms with Crippen LogP contribution in [0.4, 0.5) is 5.13 Å². The summed E-state index contributed by atoms with van der Waals surface area (Å²) in [6, 6.07) is 7.46. The van der Waals surface area contributed by atoms with E-state index in [0.29, 0.717) is 11.0 Å². The summed E-state index contributed by atoms with van der Waals surface area (Å²) in [5.74, 6) is 1.17. The zero-order valence-corrected chi connectivity index (χ0v) is 12.7. The lowest BCUT2D eigenvalue weighted by molar-refractivity contribution is -0.115. The Morgan fingerprint density at radius 1 is 1.45 bits per heavy atom. The van der Waals surface area contributed by atoms with Crippen LogP contribution in [0.3, 0.4) is 0 Å². The fourth-order valence-electron chi connectivity index (χ4n) is 1.48. The lowest BCUT2D eigenvalue weighted by atomic mass is 10.2. The van der Waals surface area contributed by atoms with Gasteiger partial charge in [-0.3, -0.25) is 10.1 Å². The Kier molecular flexibility index (Phi) is 6.37. The van der Waals surface area contributed by atoms with Crippen molar-refractivity contribution in [1.29, 1.82) is 0 Å². The minimum Gasteiger partial charge on any atom is -0.497 e. The number of anilines is 1.